The number of carbonyl (C=O) groups is 4. The van der Waals surface area contributed by atoms with Crippen LogP contribution in [-0.4, -0.2) is 107 Å². The number of piperidine rings is 4. The molecule has 0 spiro atoms. The van der Waals surface area contributed by atoms with E-state index in [4.69, 9.17) is 0 Å². The van der Waals surface area contributed by atoms with Crippen molar-refractivity contribution in [1.29, 1.82) is 0 Å². The first-order chi connectivity index (χ1) is 28.2. The second-order valence-electron chi connectivity index (χ2n) is 16.1. The fourth-order valence-electron chi connectivity index (χ4n) is 8.98. The summed E-state index contributed by atoms with van der Waals surface area (Å²) in [7, 11) is 0. The predicted molar refractivity (Wildman–Crippen MR) is 219 cm³/mol. The van der Waals surface area contributed by atoms with Gasteiger partial charge in [-0.1, -0.05) is 42.5 Å². The number of likely N-dealkylation sites (tertiary alicyclic amines) is 1. The lowest BCUT2D eigenvalue weighted by molar-refractivity contribution is -0.134. The number of benzene rings is 2. The van der Waals surface area contributed by atoms with Crippen LogP contribution in [0.2, 0.25) is 0 Å². The van der Waals surface area contributed by atoms with Crippen molar-refractivity contribution in [3.05, 3.63) is 96.3 Å². The maximum absolute atomic E-state index is 14.4. The van der Waals surface area contributed by atoms with Crippen LogP contribution in [0.4, 0.5) is 11.5 Å². The van der Waals surface area contributed by atoms with E-state index in [1.54, 1.807) is 30.6 Å². The average molecular weight is 786 g/mol. The molecule has 2 aromatic heterocycles. The van der Waals surface area contributed by atoms with Gasteiger partial charge in [-0.25, -0.2) is 4.98 Å². The lowest BCUT2D eigenvalue weighted by atomic mass is 9.71. The maximum atomic E-state index is 14.4. The summed E-state index contributed by atoms with van der Waals surface area (Å²) in [5.41, 5.74) is 2.99. The number of phenolic OH excluding ortho intramolecular Hbond substituents is 1. The summed E-state index contributed by atoms with van der Waals surface area (Å²) in [6.07, 6.45) is 9.10. The topological polar surface area (TPSA) is 173 Å². The quantitative estimate of drug-likeness (QED) is 0.172. The van der Waals surface area contributed by atoms with Gasteiger partial charge in [0, 0.05) is 70.0 Å². The molecule has 4 aliphatic heterocycles. The minimum absolute atomic E-state index is 0.114. The van der Waals surface area contributed by atoms with E-state index in [1.165, 1.54) is 0 Å². The van der Waals surface area contributed by atoms with E-state index in [2.05, 4.69) is 58.0 Å². The normalized spacial score (nSPS) is 20.7. The van der Waals surface area contributed by atoms with Gasteiger partial charge in [-0.05, 0) is 86.8 Å². The van der Waals surface area contributed by atoms with Crippen LogP contribution in [0.15, 0.2) is 85.2 Å². The Hall–Kier alpha value is -5.89. The summed E-state index contributed by atoms with van der Waals surface area (Å²) in [4.78, 5) is 62.2. The van der Waals surface area contributed by atoms with Gasteiger partial charge in [-0.2, -0.15) is 10.2 Å². The van der Waals surface area contributed by atoms with Crippen molar-refractivity contribution < 1.29 is 24.3 Å². The van der Waals surface area contributed by atoms with E-state index in [0.717, 1.165) is 75.5 Å². The second-order valence-corrected chi connectivity index (χ2v) is 16.1. The van der Waals surface area contributed by atoms with Gasteiger partial charge in [0.2, 0.25) is 17.7 Å². The molecule has 4 saturated heterocycles. The summed E-state index contributed by atoms with van der Waals surface area (Å²) in [6, 6.07) is 22.3. The molecule has 8 rings (SSSR count). The van der Waals surface area contributed by atoms with Crippen LogP contribution in [0.25, 0.3) is 11.3 Å². The SMILES string of the molecule is O=C1CC[C@H](NC(=O)c2ccc(N3CCC(CN4CCC(NC(=O)C5(c6ccccc6)CCN(c6cnnc(-c7ccccc7O)c6)CC5)CC4)CC3)nc2)C(=O)N1. The molecule has 14 heteroatoms. The Morgan fingerprint density at radius 1 is 0.810 bits per heavy atom. The number of para-hydroxylation sites is 1. The molecule has 0 radical (unpaired) electrons. The highest BCUT2D eigenvalue weighted by Crippen LogP contribution is 2.38. The number of pyridine rings is 1. The number of hydrogen-bond acceptors (Lipinski definition) is 11. The van der Waals surface area contributed by atoms with Crippen molar-refractivity contribution in [2.45, 2.75) is 68.9 Å². The van der Waals surface area contributed by atoms with Crippen LogP contribution in [0.3, 0.4) is 0 Å². The van der Waals surface area contributed by atoms with Crippen molar-refractivity contribution >= 4 is 35.1 Å². The Morgan fingerprint density at radius 3 is 2.26 bits per heavy atom. The fraction of sp³-hybridized carbons (Fsp3) is 0.432. The van der Waals surface area contributed by atoms with Gasteiger partial charge in [-0.3, -0.25) is 24.5 Å². The highest BCUT2D eigenvalue weighted by atomic mass is 16.3. The first kappa shape index (κ1) is 39.0. The van der Waals surface area contributed by atoms with E-state index in [0.29, 0.717) is 55.1 Å². The average Bonchev–Trinajstić information content (AvgIpc) is 3.26. The highest BCUT2D eigenvalue weighted by molar-refractivity contribution is 6.03. The van der Waals surface area contributed by atoms with Gasteiger partial charge < -0.3 is 30.4 Å². The third kappa shape index (κ3) is 8.66. The number of hydrogen-bond donors (Lipinski definition) is 4. The van der Waals surface area contributed by atoms with E-state index >= 15 is 0 Å². The zero-order valence-corrected chi connectivity index (χ0v) is 32.7. The summed E-state index contributed by atoms with van der Waals surface area (Å²) in [6.45, 7) is 6.11. The van der Waals surface area contributed by atoms with Gasteiger partial charge in [0.1, 0.15) is 17.6 Å². The number of carbonyl (C=O) groups excluding carboxylic acids is 4. The number of anilines is 2. The highest BCUT2D eigenvalue weighted by Gasteiger charge is 2.44. The van der Waals surface area contributed by atoms with Gasteiger partial charge >= 0.3 is 0 Å². The summed E-state index contributed by atoms with van der Waals surface area (Å²) < 4.78 is 0. The van der Waals surface area contributed by atoms with Crippen LogP contribution < -0.4 is 25.8 Å². The molecule has 4 amide bonds. The predicted octanol–water partition coefficient (Wildman–Crippen LogP) is 3.81. The van der Waals surface area contributed by atoms with E-state index in [9.17, 15) is 24.3 Å². The molecular formula is C44H51N9O5. The Balaban J connectivity index is 0.803. The molecule has 58 heavy (non-hydrogen) atoms. The Morgan fingerprint density at radius 2 is 1.55 bits per heavy atom. The molecule has 2 aromatic carbocycles. The monoisotopic (exact) mass is 785 g/mol. The lowest BCUT2D eigenvalue weighted by Gasteiger charge is -2.43. The molecule has 4 N–H and O–H groups in total. The first-order valence-electron chi connectivity index (χ1n) is 20.5. The van der Waals surface area contributed by atoms with Gasteiger partial charge in [-0.15, -0.1) is 0 Å². The minimum atomic E-state index is -0.722. The van der Waals surface area contributed by atoms with Crippen molar-refractivity contribution in [2.75, 3.05) is 55.6 Å². The molecule has 0 unspecified atom stereocenters. The number of nitrogens with one attached hydrogen (secondary N) is 3. The van der Waals surface area contributed by atoms with Crippen LogP contribution in [0.1, 0.15) is 67.3 Å². The fourth-order valence-corrected chi connectivity index (χ4v) is 8.98. The molecule has 4 aliphatic rings. The van der Waals surface area contributed by atoms with Crippen LogP contribution in [0.5, 0.6) is 5.75 Å². The third-order valence-electron chi connectivity index (χ3n) is 12.5. The number of rotatable bonds is 10. The second kappa shape index (κ2) is 17.3. The first-order valence-corrected chi connectivity index (χ1v) is 20.5. The van der Waals surface area contributed by atoms with Crippen molar-refractivity contribution in [3.8, 4) is 17.0 Å². The number of nitrogens with zero attached hydrogens (tertiary/aromatic N) is 6. The molecule has 4 aromatic rings. The van der Waals surface area contributed by atoms with E-state index in [1.807, 2.05) is 42.5 Å². The zero-order chi connectivity index (χ0) is 40.1. The summed E-state index contributed by atoms with van der Waals surface area (Å²) in [5.74, 6) is 0.516. The standard InChI is InChI=1S/C44H51N9O5/c54-38-9-5-4-8-35(38)37-26-34(28-46-50-37)52-24-18-44(19-25-52,32-6-2-1-3-7-32)43(58)47-33-16-20-51(21-17-33)29-30-14-22-53(23-15-30)39-12-10-31(27-45-39)41(56)48-36-11-13-40(55)49-42(36)57/h1-10,12,26-28,30,33,36,54H,11,13-25,29H2,(H,47,58)(H,48,56)(H,49,55,57)/t36-/m0/s1. The Bertz CT molecular complexity index is 2090. The summed E-state index contributed by atoms with van der Waals surface area (Å²) in [5, 5.41) is 27.4. The minimum Gasteiger partial charge on any atom is -0.507 e. The number of amides is 4. The zero-order valence-electron chi connectivity index (χ0n) is 32.7. The van der Waals surface area contributed by atoms with Gasteiger partial charge in [0.25, 0.3) is 5.91 Å². The van der Waals surface area contributed by atoms with E-state index in [-0.39, 0.29) is 35.9 Å². The van der Waals surface area contributed by atoms with Gasteiger partial charge in [0.05, 0.1) is 28.6 Å². The molecule has 0 bridgehead atoms. The molecule has 302 valence electrons. The number of aromatic hydroxyl groups is 1. The molecular weight excluding hydrogens is 735 g/mol. The Kier molecular flexibility index (Phi) is 11.6. The summed E-state index contributed by atoms with van der Waals surface area (Å²) >= 11 is 0. The lowest BCUT2D eigenvalue weighted by Crippen LogP contribution is -2.55. The molecule has 6 heterocycles. The largest absolute Gasteiger partial charge is 0.507 e. The number of imide groups is 1. The number of aromatic nitrogens is 3. The van der Waals surface area contributed by atoms with Gasteiger partial charge in [0.15, 0.2) is 0 Å². The van der Waals surface area contributed by atoms with Crippen molar-refractivity contribution in [2.24, 2.45) is 5.92 Å². The molecule has 0 aliphatic carbocycles. The smallest absolute Gasteiger partial charge is 0.253 e. The maximum Gasteiger partial charge on any atom is 0.253 e. The molecule has 0 saturated carbocycles. The van der Waals surface area contributed by atoms with Crippen molar-refractivity contribution in [1.82, 2.24) is 36.0 Å². The van der Waals surface area contributed by atoms with Crippen LogP contribution in [-0.2, 0) is 19.8 Å². The molecule has 1 atom stereocenters. The third-order valence-corrected chi connectivity index (χ3v) is 12.5. The molecule has 14 nitrogen and oxygen atoms in total. The van der Waals surface area contributed by atoms with Crippen molar-refractivity contribution in [3.63, 3.8) is 0 Å². The van der Waals surface area contributed by atoms with Crippen LogP contribution in [0, 0.1) is 5.92 Å². The Labute approximate surface area is 338 Å². The van der Waals surface area contributed by atoms with Crippen LogP contribution >= 0.6 is 0 Å². The van der Waals surface area contributed by atoms with E-state index < -0.39 is 17.4 Å². The number of phenols is 1. The molecule has 4 fully saturated rings.